The lowest BCUT2D eigenvalue weighted by Gasteiger charge is -2.30. The van der Waals surface area contributed by atoms with E-state index >= 15 is 0 Å². The van der Waals surface area contributed by atoms with Crippen molar-refractivity contribution in [3.63, 3.8) is 0 Å². The summed E-state index contributed by atoms with van der Waals surface area (Å²) in [4.78, 5) is 0. The first-order chi connectivity index (χ1) is 16.7. The summed E-state index contributed by atoms with van der Waals surface area (Å²) in [5, 5.41) is 11.6. The highest BCUT2D eigenvalue weighted by Gasteiger charge is 2.56. The van der Waals surface area contributed by atoms with Crippen LogP contribution in [0.3, 0.4) is 0 Å². The molecule has 1 N–H and O–H groups in total. The van der Waals surface area contributed by atoms with E-state index in [9.17, 15) is 5.11 Å². The van der Waals surface area contributed by atoms with Crippen molar-refractivity contribution < 1.29 is 28.8 Å². The van der Waals surface area contributed by atoms with Crippen LogP contribution in [0.1, 0.15) is 16.7 Å². The summed E-state index contributed by atoms with van der Waals surface area (Å²) in [6.07, 6.45) is -1.83. The van der Waals surface area contributed by atoms with Crippen molar-refractivity contribution in [3.8, 4) is 0 Å². The van der Waals surface area contributed by atoms with E-state index in [0.717, 1.165) is 16.7 Å². The fourth-order valence-electron chi connectivity index (χ4n) is 4.09. The summed E-state index contributed by atoms with van der Waals surface area (Å²) < 4.78 is 29.9. The molecular formula is C28H32O6. The average Bonchev–Trinajstić information content (AvgIpc) is 3.13. The first-order valence-corrected chi connectivity index (χ1v) is 11.5. The van der Waals surface area contributed by atoms with Crippen molar-refractivity contribution in [1.82, 2.24) is 0 Å². The van der Waals surface area contributed by atoms with Gasteiger partial charge in [0.2, 0.25) is 5.79 Å². The van der Waals surface area contributed by atoms with Gasteiger partial charge in [0.1, 0.15) is 24.9 Å². The third-order valence-corrected chi connectivity index (χ3v) is 5.77. The molecule has 34 heavy (non-hydrogen) atoms. The van der Waals surface area contributed by atoms with Gasteiger partial charge in [-0.1, -0.05) is 91.0 Å². The van der Waals surface area contributed by atoms with Gasteiger partial charge < -0.3 is 28.8 Å². The number of hydrogen-bond acceptors (Lipinski definition) is 6. The Morgan fingerprint density at radius 2 is 1.24 bits per heavy atom. The van der Waals surface area contributed by atoms with Crippen LogP contribution in [0.25, 0.3) is 0 Å². The van der Waals surface area contributed by atoms with Gasteiger partial charge in [0.25, 0.3) is 0 Å². The van der Waals surface area contributed by atoms with E-state index in [-0.39, 0.29) is 13.2 Å². The minimum Gasteiger partial charge on any atom is -0.382 e. The van der Waals surface area contributed by atoms with E-state index < -0.39 is 24.1 Å². The summed E-state index contributed by atoms with van der Waals surface area (Å²) in [6.45, 7) is 1.21. The lowest BCUT2D eigenvalue weighted by Crippen LogP contribution is -2.49. The third-order valence-electron chi connectivity index (χ3n) is 5.77. The van der Waals surface area contributed by atoms with Crippen LogP contribution >= 0.6 is 0 Å². The van der Waals surface area contributed by atoms with Crippen molar-refractivity contribution in [1.29, 1.82) is 0 Å². The van der Waals surface area contributed by atoms with Crippen molar-refractivity contribution >= 4 is 0 Å². The lowest BCUT2D eigenvalue weighted by atomic mass is 10.0. The summed E-state index contributed by atoms with van der Waals surface area (Å²) in [6, 6.07) is 29.5. The van der Waals surface area contributed by atoms with Crippen LogP contribution in [-0.4, -0.2) is 49.5 Å². The maximum Gasteiger partial charge on any atom is 0.219 e. The Morgan fingerprint density at radius 1 is 0.735 bits per heavy atom. The molecule has 180 valence electrons. The molecule has 3 aromatic rings. The van der Waals surface area contributed by atoms with Crippen LogP contribution in [0.15, 0.2) is 91.0 Å². The molecule has 0 unspecified atom stereocenters. The molecular weight excluding hydrogens is 432 g/mol. The molecule has 0 saturated carbocycles. The number of hydrogen-bond donors (Lipinski definition) is 1. The highest BCUT2D eigenvalue weighted by Crippen LogP contribution is 2.35. The van der Waals surface area contributed by atoms with Gasteiger partial charge in [-0.3, -0.25) is 0 Å². The minimum absolute atomic E-state index is 0.0627. The van der Waals surface area contributed by atoms with Crippen molar-refractivity contribution in [2.45, 2.75) is 43.9 Å². The molecule has 0 aromatic heterocycles. The quantitative estimate of drug-likeness (QED) is 0.435. The standard InChI is InChI=1S/C28H32O6/c1-30-20-25-26(32-18-23-13-7-3-8-14-23)27(33-19-24-15-9-4-10-16-24)28(29,34-25)21-31-17-22-11-5-2-6-12-22/h2-16,25-27,29H,17-21H2,1H3/t25-,26-,27+,28+/m1/s1. The first-order valence-electron chi connectivity index (χ1n) is 11.5. The Morgan fingerprint density at radius 3 is 1.76 bits per heavy atom. The van der Waals surface area contributed by atoms with Crippen molar-refractivity contribution in [2.24, 2.45) is 0 Å². The normalized spacial score (nSPS) is 24.4. The molecule has 0 radical (unpaired) electrons. The zero-order valence-corrected chi connectivity index (χ0v) is 19.4. The molecule has 1 fully saturated rings. The van der Waals surface area contributed by atoms with E-state index in [4.69, 9.17) is 23.7 Å². The Bertz CT molecular complexity index is 968. The van der Waals surface area contributed by atoms with Gasteiger partial charge >= 0.3 is 0 Å². The van der Waals surface area contributed by atoms with Gasteiger partial charge in [-0.15, -0.1) is 0 Å². The van der Waals surface area contributed by atoms with Gasteiger partial charge in [0.05, 0.1) is 26.4 Å². The number of benzene rings is 3. The molecule has 1 aliphatic rings. The maximum absolute atomic E-state index is 11.6. The van der Waals surface area contributed by atoms with Gasteiger partial charge in [-0.25, -0.2) is 0 Å². The summed E-state index contributed by atoms with van der Waals surface area (Å²) in [5.41, 5.74) is 3.03. The SMILES string of the molecule is COC[C@H]1O[C@@](O)(COCc2ccccc2)[C@@H](OCc2ccccc2)[C@@H]1OCc1ccccc1. The second-order valence-electron chi connectivity index (χ2n) is 8.41. The fraction of sp³-hybridized carbons (Fsp3) is 0.357. The molecule has 0 bridgehead atoms. The topological polar surface area (TPSA) is 66.4 Å². The molecule has 1 saturated heterocycles. The van der Waals surface area contributed by atoms with Crippen LogP contribution in [0.5, 0.6) is 0 Å². The van der Waals surface area contributed by atoms with E-state index in [2.05, 4.69) is 0 Å². The second kappa shape index (κ2) is 12.2. The maximum atomic E-state index is 11.6. The Hall–Kier alpha value is -2.58. The van der Waals surface area contributed by atoms with E-state index in [1.54, 1.807) is 7.11 Å². The lowest BCUT2D eigenvalue weighted by molar-refractivity contribution is -0.267. The molecule has 4 rings (SSSR count). The number of aliphatic hydroxyl groups is 1. The van der Waals surface area contributed by atoms with Gasteiger partial charge in [0.15, 0.2) is 0 Å². The number of ether oxygens (including phenoxy) is 5. The predicted octanol–water partition coefficient (Wildman–Crippen LogP) is 4.11. The Balaban J connectivity index is 1.50. The van der Waals surface area contributed by atoms with Crippen LogP contribution in [0.4, 0.5) is 0 Å². The molecule has 6 nitrogen and oxygen atoms in total. The number of methoxy groups -OCH3 is 1. The van der Waals surface area contributed by atoms with Crippen LogP contribution in [0.2, 0.25) is 0 Å². The van der Waals surface area contributed by atoms with Gasteiger partial charge in [-0.2, -0.15) is 0 Å². The largest absolute Gasteiger partial charge is 0.382 e. The zero-order valence-electron chi connectivity index (χ0n) is 19.4. The minimum atomic E-state index is -1.69. The van der Waals surface area contributed by atoms with E-state index in [1.165, 1.54) is 0 Å². The highest BCUT2D eigenvalue weighted by molar-refractivity contribution is 5.15. The summed E-state index contributed by atoms with van der Waals surface area (Å²) >= 11 is 0. The molecule has 1 heterocycles. The average molecular weight is 465 g/mol. The molecule has 4 atom stereocenters. The van der Waals surface area contributed by atoms with Crippen molar-refractivity contribution in [2.75, 3.05) is 20.3 Å². The fourth-order valence-corrected chi connectivity index (χ4v) is 4.09. The van der Waals surface area contributed by atoms with E-state index in [0.29, 0.717) is 19.8 Å². The second-order valence-corrected chi connectivity index (χ2v) is 8.41. The smallest absolute Gasteiger partial charge is 0.219 e. The Labute approximate surface area is 201 Å². The Kier molecular flexibility index (Phi) is 8.82. The molecule has 0 spiro atoms. The van der Waals surface area contributed by atoms with Crippen LogP contribution < -0.4 is 0 Å². The monoisotopic (exact) mass is 464 g/mol. The highest BCUT2D eigenvalue weighted by atomic mass is 16.7. The molecule has 6 heteroatoms. The van der Waals surface area contributed by atoms with Gasteiger partial charge in [-0.05, 0) is 16.7 Å². The number of rotatable bonds is 12. The summed E-state index contributed by atoms with van der Waals surface area (Å²) in [7, 11) is 1.60. The van der Waals surface area contributed by atoms with Crippen LogP contribution in [0, 0.1) is 0 Å². The molecule has 0 aliphatic carbocycles. The predicted molar refractivity (Wildman–Crippen MR) is 128 cm³/mol. The summed E-state index contributed by atoms with van der Waals surface area (Å²) in [5.74, 6) is -1.69. The molecule has 0 amide bonds. The van der Waals surface area contributed by atoms with E-state index in [1.807, 2.05) is 91.0 Å². The van der Waals surface area contributed by atoms with Crippen LogP contribution in [-0.2, 0) is 43.5 Å². The molecule has 1 aliphatic heterocycles. The molecule has 3 aromatic carbocycles. The van der Waals surface area contributed by atoms with Crippen molar-refractivity contribution in [3.05, 3.63) is 108 Å². The van der Waals surface area contributed by atoms with Gasteiger partial charge in [0, 0.05) is 7.11 Å². The zero-order chi connectivity index (χ0) is 23.6. The first kappa shape index (κ1) is 24.5. The third kappa shape index (κ3) is 6.51.